The minimum absolute atomic E-state index is 0.0301. The largest absolute Gasteiger partial charge is 0.219 e. The van der Waals surface area contributed by atoms with Gasteiger partial charge in [-0.1, -0.05) is 23.2 Å². The first-order valence-corrected chi connectivity index (χ1v) is 3.29. The number of hydrogen-bond donors (Lipinski definition) is 0. The number of nitriles is 1. The van der Waals surface area contributed by atoms with Gasteiger partial charge in [-0.25, -0.2) is 9.55 Å². The van der Waals surface area contributed by atoms with E-state index in [1.807, 2.05) is 0 Å². The molecule has 0 atom stereocenters. The first kappa shape index (κ1) is 7.67. The average molecular weight is 196 g/mol. The monoisotopic (exact) mass is 195 g/mol. The Morgan fingerprint density at radius 2 is 2.00 bits per heavy atom. The summed E-state index contributed by atoms with van der Waals surface area (Å²) in [5.74, 6) is 0. The van der Waals surface area contributed by atoms with Crippen molar-refractivity contribution in [2.75, 3.05) is 0 Å². The summed E-state index contributed by atoms with van der Waals surface area (Å²) in [6, 6.07) is 0. The van der Waals surface area contributed by atoms with E-state index >= 15 is 0 Å². The molecule has 0 aromatic carbocycles. The van der Waals surface area contributed by atoms with Gasteiger partial charge >= 0.3 is 0 Å². The molecule has 1 aromatic rings. The van der Waals surface area contributed by atoms with E-state index in [9.17, 15) is 0 Å². The molecule has 1 rings (SSSR count). The second-order valence-corrected chi connectivity index (χ2v) is 2.45. The molecule has 0 spiro atoms. The van der Waals surface area contributed by atoms with E-state index in [1.165, 1.54) is 0 Å². The summed E-state index contributed by atoms with van der Waals surface area (Å²) in [6.45, 7) is 0. The second kappa shape index (κ2) is 2.67. The predicted molar refractivity (Wildman–Crippen MR) is 38.3 cm³/mol. The van der Waals surface area contributed by atoms with Crippen molar-refractivity contribution in [2.24, 2.45) is 0 Å². The van der Waals surface area contributed by atoms with Crippen LogP contribution in [0.25, 0.3) is 0 Å². The number of imidazole rings is 1. The van der Waals surface area contributed by atoms with Crippen LogP contribution in [0.3, 0.4) is 0 Å². The fourth-order valence-electron chi connectivity index (χ4n) is 0.436. The zero-order chi connectivity index (χ0) is 7.72. The molecule has 52 valence electrons. The molecule has 0 saturated carbocycles. The van der Waals surface area contributed by atoms with E-state index in [0.29, 0.717) is 0 Å². The van der Waals surface area contributed by atoms with Crippen molar-refractivity contribution < 1.29 is 0 Å². The van der Waals surface area contributed by atoms with Crippen LogP contribution >= 0.6 is 34.8 Å². The minimum atomic E-state index is -0.0301. The van der Waals surface area contributed by atoms with E-state index in [4.69, 9.17) is 40.1 Å². The van der Waals surface area contributed by atoms with Gasteiger partial charge in [0.15, 0.2) is 16.5 Å². The highest BCUT2D eigenvalue weighted by Gasteiger charge is 2.10. The third-order valence-electron chi connectivity index (χ3n) is 0.841. The van der Waals surface area contributed by atoms with Gasteiger partial charge in [0, 0.05) is 0 Å². The number of halogens is 3. The third kappa shape index (κ3) is 1.06. The lowest BCUT2D eigenvalue weighted by atomic mass is 10.9. The van der Waals surface area contributed by atoms with Crippen LogP contribution in [0.1, 0.15) is 0 Å². The molecule has 0 amide bonds. The van der Waals surface area contributed by atoms with Gasteiger partial charge in [0.05, 0.1) is 0 Å². The van der Waals surface area contributed by atoms with Gasteiger partial charge in [-0.05, 0) is 11.6 Å². The van der Waals surface area contributed by atoms with Gasteiger partial charge in [-0.3, -0.25) is 0 Å². The van der Waals surface area contributed by atoms with Gasteiger partial charge in [-0.15, -0.1) is 0 Å². The molecule has 0 bridgehead atoms. The summed E-state index contributed by atoms with van der Waals surface area (Å²) in [4.78, 5) is 3.52. The molecule has 0 aliphatic rings. The van der Waals surface area contributed by atoms with Crippen molar-refractivity contribution in [3.05, 3.63) is 15.6 Å². The third-order valence-corrected chi connectivity index (χ3v) is 1.80. The van der Waals surface area contributed by atoms with Crippen molar-refractivity contribution in [1.82, 2.24) is 9.55 Å². The maximum Gasteiger partial charge on any atom is 0.219 e. The zero-order valence-electron chi connectivity index (χ0n) is 4.48. The lowest BCUT2D eigenvalue weighted by Gasteiger charge is -1.85. The quantitative estimate of drug-likeness (QED) is 0.638. The van der Waals surface area contributed by atoms with Crippen LogP contribution in [-0.2, 0) is 0 Å². The minimum Gasteiger partial charge on any atom is -0.206 e. The van der Waals surface area contributed by atoms with Crippen LogP contribution in [0.15, 0.2) is 0 Å². The Morgan fingerprint density at radius 1 is 1.40 bits per heavy atom. The molecule has 0 N–H and O–H groups in total. The maximum atomic E-state index is 8.36. The number of aromatic nitrogens is 2. The van der Waals surface area contributed by atoms with E-state index in [2.05, 4.69) is 4.98 Å². The molecule has 6 heteroatoms. The van der Waals surface area contributed by atoms with Crippen LogP contribution in [0.4, 0.5) is 0 Å². The molecule has 3 nitrogen and oxygen atoms in total. The maximum absolute atomic E-state index is 8.36. The van der Waals surface area contributed by atoms with Crippen molar-refractivity contribution >= 4 is 34.8 Å². The van der Waals surface area contributed by atoms with Crippen molar-refractivity contribution in [3.8, 4) is 6.19 Å². The first-order chi connectivity index (χ1) is 4.66. The molecular weight excluding hydrogens is 196 g/mol. The Balaban J connectivity index is 3.37. The molecule has 1 heterocycles. The van der Waals surface area contributed by atoms with Gasteiger partial charge in [0.1, 0.15) is 0 Å². The van der Waals surface area contributed by atoms with Crippen LogP contribution < -0.4 is 0 Å². The molecule has 0 aliphatic carbocycles. The van der Waals surface area contributed by atoms with Crippen molar-refractivity contribution in [3.63, 3.8) is 0 Å². The van der Waals surface area contributed by atoms with Crippen LogP contribution in [0.2, 0.25) is 15.6 Å². The number of nitrogens with zero attached hydrogens (tertiary/aromatic N) is 3. The molecule has 0 radical (unpaired) electrons. The Bertz CT molecular complexity index is 297. The van der Waals surface area contributed by atoms with E-state index < -0.39 is 0 Å². The summed E-state index contributed by atoms with van der Waals surface area (Å²) in [6.07, 6.45) is 1.69. The summed E-state index contributed by atoms with van der Waals surface area (Å²) in [5.41, 5.74) is 0. The predicted octanol–water partition coefficient (Wildman–Crippen LogP) is 2.17. The molecule has 10 heavy (non-hydrogen) atoms. The Morgan fingerprint density at radius 3 is 2.20 bits per heavy atom. The average Bonchev–Trinajstić information content (AvgIpc) is 2.09. The molecule has 0 aliphatic heterocycles. The van der Waals surface area contributed by atoms with Gasteiger partial charge in [-0.2, -0.15) is 5.26 Å². The SMILES string of the molecule is N#Cn1c(Cl)nc(Cl)c1Cl. The summed E-state index contributed by atoms with van der Waals surface area (Å²) < 4.78 is 0.922. The molecule has 1 aromatic heterocycles. The highest BCUT2D eigenvalue weighted by atomic mass is 35.5. The lowest BCUT2D eigenvalue weighted by Crippen LogP contribution is -1.85. The summed E-state index contributed by atoms with van der Waals surface area (Å²) in [5, 5.41) is 8.40. The summed E-state index contributed by atoms with van der Waals surface area (Å²) in [7, 11) is 0. The molecule has 0 fully saturated rings. The fraction of sp³-hybridized carbons (Fsp3) is 0. The van der Waals surface area contributed by atoms with Crippen LogP contribution in [0, 0.1) is 11.5 Å². The van der Waals surface area contributed by atoms with Gasteiger partial charge in [0.2, 0.25) is 5.28 Å². The van der Waals surface area contributed by atoms with E-state index in [0.717, 1.165) is 4.57 Å². The smallest absolute Gasteiger partial charge is 0.206 e. The normalized spacial score (nSPS) is 9.40. The Labute approximate surface area is 71.7 Å². The van der Waals surface area contributed by atoms with Gasteiger partial charge < -0.3 is 0 Å². The molecule has 0 unspecified atom stereocenters. The summed E-state index contributed by atoms with van der Waals surface area (Å²) >= 11 is 16.3. The number of hydrogen-bond acceptors (Lipinski definition) is 2. The Hall–Kier alpha value is -0.430. The molecule has 0 saturated heterocycles. The van der Waals surface area contributed by atoms with E-state index in [1.54, 1.807) is 6.19 Å². The highest BCUT2D eigenvalue weighted by molar-refractivity contribution is 6.42. The van der Waals surface area contributed by atoms with Crippen LogP contribution in [0.5, 0.6) is 0 Å². The second-order valence-electron chi connectivity index (χ2n) is 1.40. The van der Waals surface area contributed by atoms with Crippen LogP contribution in [-0.4, -0.2) is 9.55 Å². The Kier molecular flexibility index (Phi) is 2.05. The topological polar surface area (TPSA) is 41.6 Å². The lowest BCUT2D eigenvalue weighted by molar-refractivity contribution is 1.08. The standard InChI is InChI=1S/C4Cl3N3/c5-2-3(6)10(1-8)4(7)9-2. The van der Waals surface area contributed by atoms with Crippen molar-refractivity contribution in [2.45, 2.75) is 0 Å². The number of rotatable bonds is 0. The first-order valence-electron chi connectivity index (χ1n) is 2.16. The zero-order valence-corrected chi connectivity index (χ0v) is 6.74. The van der Waals surface area contributed by atoms with Gasteiger partial charge in [0.25, 0.3) is 0 Å². The molecular formula is C4Cl3N3. The van der Waals surface area contributed by atoms with E-state index in [-0.39, 0.29) is 15.6 Å². The van der Waals surface area contributed by atoms with Crippen molar-refractivity contribution in [1.29, 1.82) is 5.26 Å². The fourth-order valence-corrected chi connectivity index (χ4v) is 1.05. The highest BCUT2D eigenvalue weighted by Crippen LogP contribution is 2.23.